The minimum absolute atomic E-state index is 0.108. The molecule has 1 atom stereocenters. The molecule has 0 aliphatic carbocycles. The molecule has 4 nitrogen and oxygen atoms in total. The summed E-state index contributed by atoms with van der Waals surface area (Å²) in [6, 6.07) is 4.33. The lowest BCUT2D eigenvalue weighted by atomic mass is 10.2. The first-order valence-corrected chi connectivity index (χ1v) is 6.59. The maximum atomic E-state index is 11.5. The van der Waals surface area contributed by atoms with Crippen molar-refractivity contribution in [3.63, 3.8) is 0 Å². The Bertz CT molecular complexity index is 412. The molecule has 0 aromatic carbocycles. The second-order valence-electron chi connectivity index (χ2n) is 5.18. The molecule has 0 saturated carbocycles. The lowest BCUT2D eigenvalue weighted by Gasteiger charge is -2.35. The molecule has 2 heterocycles. The number of nitrogens with zero attached hydrogens (tertiary/aromatic N) is 2. The minimum Gasteiger partial charge on any atom is -0.374 e. The van der Waals surface area contributed by atoms with Crippen LogP contribution in [0.4, 0.5) is 0 Å². The molecule has 0 amide bonds. The molecular weight excluding hydrogens is 228 g/mol. The lowest BCUT2D eigenvalue weighted by Crippen LogP contribution is -2.47. The van der Waals surface area contributed by atoms with Gasteiger partial charge in [-0.05, 0) is 26.0 Å². The first-order valence-electron chi connectivity index (χ1n) is 6.59. The summed E-state index contributed by atoms with van der Waals surface area (Å²) in [5.74, 6) is 0.108. The van der Waals surface area contributed by atoms with Crippen LogP contribution in [0.3, 0.4) is 0 Å². The van der Waals surface area contributed by atoms with Crippen molar-refractivity contribution in [1.29, 1.82) is 0 Å². The number of ketones is 1. The fourth-order valence-corrected chi connectivity index (χ4v) is 2.43. The molecule has 1 aromatic heterocycles. The molecule has 1 aliphatic rings. The predicted octanol–water partition coefficient (Wildman–Crippen LogP) is 1.80. The van der Waals surface area contributed by atoms with Gasteiger partial charge in [0.1, 0.15) is 0 Å². The number of aromatic nitrogens is 1. The van der Waals surface area contributed by atoms with Gasteiger partial charge in [0.2, 0.25) is 0 Å². The number of Topliss-reactive ketones (excluding diaryl/α,β-unsaturated/α-hetero) is 1. The number of rotatable bonds is 4. The van der Waals surface area contributed by atoms with E-state index in [1.54, 1.807) is 6.92 Å². The fourth-order valence-electron chi connectivity index (χ4n) is 2.43. The molecule has 1 saturated heterocycles. The molecule has 0 N–H and O–H groups in total. The molecular formula is C14H22N2O2. The van der Waals surface area contributed by atoms with Gasteiger partial charge >= 0.3 is 0 Å². The molecule has 1 unspecified atom stereocenters. The van der Waals surface area contributed by atoms with Crippen molar-refractivity contribution in [3.8, 4) is 0 Å². The molecule has 2 rings (SSSR count). The number of ether oxygens (including phenoxy) is 1. The van der Waals surface area contributed by atoms with Crippen molar-refractivity contribution in [2.45, 2.75) is 39.5 Å². The van der Waals surface area contributed by atoms with Crippen LogP contribution in [-0.2, 0) is 11.3 Å². The first-order chi connectivity index (χ1) is 8.58. The molecule has 18 heavy (non-hydrogen) atoms. The largest absolute Gasteiger partial charge is 0.374 e. The maximum absolute atomic E-state index is 11.5. The third-order valence-electron chi connectivity index (χ3n) is 3.49. The van der Waals surface area contributed by atoms with Crippen molar-refractivity contribution >= 4 is 5.78 Å². The third kappa shape index (κ3) is 3.00. The zero-order chi connectivity index (χ0) is 13.1. The van der Waals surface area contributed by atoms with Gasteiger partial charge in [-0.25, -0.2) is 0 Å². The number of morpholine rings is 1. The Morgan fingerprint density at radius 1 is 1.56 bits per heavy atom. The van der Waals surface area contributed by atoms with Gasteiger partial charge in [0.25, 0.3) is 0 Å². The Morgan fingerprint density at radius 3 is 3.00 bits per heavy atom. The van der Waals surface area contributed by atoms with Crippen molar-refractivity contribution < 1.29 is 9.53 Å². The Labute approximate surface area is 109 Å². The zero-order valence-electron chi connectivity index (χ0n) is 11.4. The van der Waals surface area contributed by atoms with Crippen LogP contribution < -0.4 is 0 Å². The summed E-state index contributed by atoms with van der Waals surface area (Å²) in [4.78, 5) is 13.9. The summed E-state index contributed by atoms with van der Waals surface area (Å²) < 4.78 is 7.79. The Balaban J connectivity index is 2.00. The van der Waals surface area contributed by atoms with Crippen LogP contribution in [0.15, 0.2) is 18.3 Å². The van der Waals surface area contributed by atoms with Crippen LogP contribution >= 0.6 is 0 Å². The van der Waals surface area contributed by atoms with Gasteiger partial charge in [-0.2, -0.15) is 0 Å². The third-order valence-corrected chi connectivity index (χ3v) is 3.49. The summed E-state index contributed by atoms with van der Waals surface area (Å²) in [7, 11) is 0. The van der Waals surface area contributed by atoms with Gasteiger partial charge in [-0.1, -0.05) is 0 Å². The molecule has 100 valence electrons. The summed E-state index contributed by atoms with van der Waals surface area (Å²) in [6.45, 7) is 9.49. The second-order valence-corrected chi connectivity index (χ2v) is 5.18. The molecule has 4 heteroatoms. The van der Waals surface area contributed by atoms with E-state index in [1.165, 1.54) is 0 Å². The highest BCUT2D eigenvalue weighted by Crippen LogP contribution is 2.12. The number of carbonyl (C=O) groups excluding carboxylic acids is 1. The van der Waals surface area contributed by atoms with E-state index >= 15 is 0 Å². The van der Waals surface area contributed by atoms with E-state index in [0.29, 0.717) is 6.04 Å². The van der Waals surface area contributed by atoms with Gasteiger partial charge in [-0.3, -0.25) is 9.69 Å². The van der Waals surface area contributed by atoms with Gasteiger partial charge in [0.05, 0.1) is 24.9 Å². The molecule has 0 radical (unpaired) electrons. The van der Waals surface area contributed by atoms with E-state index in [0.717, 1.165) is 31.9 Å². The molecule has 0 spiro atoms. The van der Waals surface area contributed by atoms with Gasteiger partial charge in [0.15, 0.2) is 5.78 Å². The summed E-state index contributed by atoms with van der Waals surface area (Å²) in [6.07, 6.45) is 2.13. The summed E-state index contributed by atoms with van der Waals surface area (Å²) in [5.41, 5.74) is 0.764. The molecule has 1 aromatic rings. The van der Waals surface area contributed by atoms with Crippen LogP contribution in [0.25, 0.3) is 0 Å². The topological polar surface area (TPSA) is 34.5 Å². The standard InChI is InChI=1S/C14H22N2O2/c1-11(2)15-7-8-18-13(9-15)10-16-6-4-5-14(16)12(3)17/h4-6,11,13H,7-10H2,1-3H3. The van der Waals surface area contributed by atoms with Crippen molar-refractivity contribution in [3.05, 3.63) is 24.0 Å². The summed E-state index contributed by atoms with van der Waals surface area (Å²) >= 11 is 0. The van der Waals surface area contributed by atoms with E-state index in [9.17, 15) is 4.79 Å². The van der Waals surface area contributed by atoms with Crippen molar-refractivity contribution in [2.75, 3.05) is 19.7 Å². The number of carbonyl (C=O) groups is 1. The van der Waals surface area contributed by atoms with E-state index in [4.69, 9.17) is 4.74 Å². The fraction of sp³-hybridized carbons (Fsp3) is 0.643. The van der Waals surface area contributed by atoms with Gasteiger partial charge < -0.3 is 9.30 Å². The van der Waals surface area contributed by atoms with Crippen LogP contribution in [-0.4, -0.2) is 47.1 Å². The Kier molecular flexibility index (Phi) is 4.19. The summed E-state index contributed by atoms with van der Waals surface area (Å²) in [5, 5.41) is 0. The number of hydrogen-bond donors (Lipinski definition) is 0. The maximum Gasteiger partial charge on any atom is 0.176 e. The second kappa shape index (κ2) is 5.67. The highest BCUT2D eigenvalue weighted by atomic mass is 16.5. The normalized spacial score (nSPS) is 21.4. The monoisotopic (exact) mass is 250 g/mol. The van der Waals surface area contributed by atoms with Gasteiger partial charge in [-0.15, -0.1) is 0 Å². The molecule has 1 fully saturated rings. The SMILES string of the molecule is CC(=O)c1cccn1CC1CN(C(C)C)CCO1. The van der Waals surface area contributed by atoms with Crippen molar-refractivity contribution in [2.24, 2.45) is 0 Å². The van der Waals surface area contributed by atoms with E-state index in [2.05, 4.69) is 18.7 Å². The zero-order valence-corrected chi connectivity index (χ0v) is 11.4. The van der Waals surface area contributed by atoms with Crippen LogP contribution in [0.1, 0.15) is 31.3 Å². The van der Waals surface area contributed by atoms with Crippen LogP contribution in [0.2, 0.25) is 0 Å². The quantitative estimate of drug-likeness (QED) is 0.764. The number of hydrogen-bond acceptors (Lipinski definition) is 3. The van der Waals surface area contributed by atoms with E-state index < -0.39 is 0 Å². The smallest absolute Gasteiger partial charge is 0.176 e. The Hall–Kier alpha value is -1.13. The highest BCUT2D eigenvalue weighted by Gasteiger charge is 2.23. The minimum atomic E-state index is 0.108. The predicted molar refractivity (Wildman–Crippen MR) is 70.9 cm³/mol. The average molecular weight is 250 g/mol. The first kappa shape index (κ1) is 13.3. The highest BCUT2D eigenvalue weighted by molar-refractivity contribution is 5.92. The van der Waals surface area contributed by atoms with Crippen LogP contribution in [0.5, 0.6) is 0 Å². The van der Waals surface area contributed by atoms with E-state index in [-0.39, 0.29) is 11.9 Å². The molecule has 1 aliphatic heterocycles. The van der Waals surface area contributed by atoms with Crippen LogP contribution in [0, 0.1) is 0 Å². The molecule has 0 bridgehead atoms. The average Bonchev–Trinajstić information content (AvgIpc) is 2.77. The van der Waals surface area contributed by atoms with Gasteiger partial charge in [0, 0.05) is 32.3 Å². The Morgan fingerprint density at radius 2 is 2.33 bits per heavy atom. The van der Waals surface area contributed by atoms with Crippen molar-refractivity contribution in [1.82, 2.24) is 9.47 Å². The lowest BCUT2D eigenvalue weighted by molar-refractivity contribution is -0.0457. The van der Waals surface area contributed by atoms with E-state index in [1.807, 2.05) is 22.9 Å².